The van der Waals surface area contributed by atoms with E-state index in [1.54, 1.807) is 6.20 Å². The van der Waals surface area contributed by atoms with Gasteiger partial charge in [-0.05, 0) is 12.8 Å². The van der Waals surface area contributed by atoms with Gasteiger partial charge in [0.2, 0.25) is 0 Å². The van der Waals surface area contributed by atoms with Crippen molar-refractivity contribution in [2.75, 3.05) is 6.54 Å². The summed E-state index contributed by atoms with van der Waals surface area (Å²) in [5, 5.41) is 12.6. The number of aliphatic hydroxyl groups excluding tert-OH is 1. The first-order chi connectivity index (χ1) is 6.81. The Labute approximate surface area is 88.4 Å². The summed E-state index contributed by atoms with van der Waals surface area (Å²) < 4.78 is 0. The standard InChI is InChI=1S/C12H25NO/c1-3-5-7-8-9-12(14)11-13-10-6-4-2/h11,13-14H,3-10H2,1-2H3. The highest BCUT2D eigenvalue weighted by molar-refractivity contribution is 4.88. The molecule has 0 unspecified atom stereocenters. The molecule has 0 spiro atoms. The van der Waals surface area contributed by atoms with Crippen molar-refractivity contribution in [1.29, 1.82) is 0 Å². The summed E-state index contributed by atoms with van der Waals surface area (Å²) in [5.41, 5.74) is 0. The number of unbranched alkanes of at least 4 members (excludes halogenated alkanes) is 4. The predicted molar refractivity (Wildman–Crippen MR) is 62.4 cm³/mol. The van der Waals surface area contributed by atoms with Crippen molar-refractivity contribution in [2.45, 2.75) is 58.8 Å². The number of hydrogen-bond acceptors (Lipinski definition) is 2. The Balaban J connectivity index is 3.28. The molecule has 0 aliphatic rings. The number of allylic oxidation sites excluding steroid dienone is 1. The van der Waals surface area contributed by atoms with Gasteiger partial charge in [0.25, 0.3) is 0 Å². The van der Waals surface area contributed by atoms with E-state index in [-0.39, 0.29) is 0 Å². The van der Waals surface area contributed by atoms with Crippen LogP contribution in [-0.2, 0) is 0 Å². The minimum absolute atomic E-state index is 0.497. The van der Waals surface area contributed by atoms with Gasteiger partial charge < -0.3 is 10.4 Å². The molecule has 84 valence electrons. The molecule has 0 fully saturated rings. The van der Waals surface area contributed by atoms with Gasteiger partial charge in [0.15, 0.2) is 0 Å². The zero-order valence-corrected chi connectivity index (χ0v) is 9.68. The van der Waals surface area contributed by atoms with E-state index in [0.717, 1.165) is 19.4 Å². The lowest BCUT2D eigenvalue weighted by Crippen LogP contribution is -2.07. The van der Waals surface area contributed by atoms with Gasteiger partial charge in [-0.2, -0.15) is 0 Å². The van der Waals surface area contributed by atoms with Gasteiger partial charge >= 0.3 is 0 Å². The normalized spacial score (nSPS) is 11.7. The van der Waals surface area contributed by atoms with Crippen LogP contribution in [0, 0.1) is 0 Å². The summed E-state index contributed by atoms with van der Waals surface area (Å²) in [6.07, 6.45) is 9.78. The number of rotatable bonds is 9. The van der Waals surface area contributed by atoms with E-state index >= 15 is 0 Å². The van der Waals surface area contributed by atoms with Gasteiger partial charge in [0.1, 0.15) is 5.76 Å². The van der Waals surface area contributed by atoms with Crippen LogP contribution >= 0.6 is 0 Å². The number of nitrogens with one attached hydrogen (secondary N) is 1. The average Bonchev–Trinajstić information content (AvgIpc) is 2.19. The highest BCUT2D eigenvalue weighted by atomic mass is 16.3. The van der Waals surface area contributed by atoms with Crippen molar-refractivity contribution in [3.05, 3.63) is 12.0 Å². The first-order valence-corrected chi connectivity index (χ1v) is 5.92. The molecule has 0 rings (SSSR count). The van der Waals surface area contributed by atoms with Gasteiger partial charge in [-0.15, -0.1) is 0 Å². The summed E-state index contributed by atoms with van der Waals surface area (Å²) in [5.74, 6) is 0.497. The van der Waals surface area contributed by atoms with Gasteiger partial charge in [0.05, 0.1) is 0 Å². The fourth-order valence-electron chi connectivity index (χ4n) is 1.27. The second kappa shape index (κ2) is 10.4. The van der Waals surface area contributed by atoms with Crippen molar-refractivity contribution < 1.29 is 5.11 Å². The topological polar surface area (TPSA) is 32.3 Å². The van der Waals surface area contributed by atoms with E-state index in [9.17, 15) is 5.11 Å². The molecule has 0 heterocycles. The Bertz CT molecular complexity index is 143. The van der Waals surface area contributed by atoms with E-state index in [2.05, 4.69) is 19.2 Å². The zero-order valence-electron chi connectivity index (χ0n) is 9.68. The van der Waals surface area contributed by atoms with Crippen molar-refractivity contribution in [3.8, 4) is 0 Å². The second-order valence-corrected chi connectivity index (χ2v) is 3.75. The monoisotopic (exact) mass is 199 g/mol. The number of aliphatic hydroxyl groups is 1. The maximum Gasteiger partial charge on any atom is 0.108 e. The van der Waals surface area contributed by atoms with Gasteiger partial charge in [-0.1, -0.05) is 39.5 Å². The fourth-order valence-corrected chi connectivity index (χ4v) is 1.27. The lowest BCUT2D eigenvalue weighted by Gasteiger charge is -2.02. The predicted octanol–water partition coefficient (Wildman–Crippen LogP) is 3.75. The molecule has 0 aromatic heterocycles. The molecule has 0 radical (unpaired) electrons. The molecule has 14 heavy (non-hydrogen) atoms. The maximum absolute atomic E-state index is 9.45. The average molecular weight is 199 g/mol. The van der Waals surface area contributed by atoms with Crippen LogP contribution in [0.3, 0.4) is 0 Å². The van der Waals surface area contributed by atoms with Crippen LogP contribution in [0.5, 0.6) is 0 Å². The molecule has 0 atom stereocenters. The Morgan fingerprint density at radius 2 is 1.79 bits per heavy atom. The van der Waals surface area contributed by atoms with Crippen molar-refractivity contribution in [3.63, 3.8) is 0 Å². The summed E-state index contributed by atoms with van der Waals surface area (Å²) in [6.45, 7) is 5.33. The van der Waals surface area contributed by atoms with Crippen LogP contribution in [-0.4, -0.2) is 11.7 Å². The SMILES string of the molecule is CCCCCCC(O)=CNCCCC. The Morgan fingerprint density at radius 3 is 2.43 bits per heavy atom. The molecule has 0 aromatic rings. The van der Waals surface area contributed by atoms with E-state index in [4.69, 9.17) is 0 Å². The molecule has 2 heteroatoms. The van der Waals surface area contributed by atoms with Crippen LogP contribution in [0.2, 0.25) is 0 Å². The summed E-state index contributed by atoms with van der Waals surface area (Å²) >= 11 is 0. The summed E-state index contributed by atoms with van der Waals surface area (Å²) in [4.78, 5) is 0. The highest BCUT2D eigenvalue weighted by Gasteiger charge is 1.93. The Hall–Kier alpha value is -0.660. The second-order valence-electron chi connectivity index (χ2n) is 3.75. The molecule has 2 N–H and O–H groups in total. The van der Waals surface area contributed by atoms with Crippen molar-refractivity contribution in [1.82, 2.24) is 5.32 Å². The van der Waals surface area contributed by atoms with Crippen molar-refractivity contribution >= 4 is 0 Å². The van der Waals surface area contributed by atoms with Crippen molar-refractivity contribution in [2.24, 2.45) is 0 Å². The van der Waals surface area contributed by atoms with Gasteiger partial charge in [-0.25, -0.2) is 0 Å². The molecular weight excluding hydrogens is 174 g/mol. The third-order valence-electron chi connectivity index (χ3n) is 2.23. The third kappa shape index (κ3) is 9.43. The molecule has 0 amide bonds. The summed E-state index contributed by atoms with van der Waals surface area (Å²) in [6, 6.07) is 0. The minimum Gasteiger partial charge on any atom is -0.511 e. The molecule has 0 aliphatic carbocycles. The smallest absolute Gasteiger partial charge is 0.108 e. The molecule has 0 saturated heterocycles. The van der Waals surface area contributed by atoms with E-state index in [1.165, 1.54) is 32.1 Å². The quantitative estimate of drug-likeness (QED) is 0.438. The lowest BCUT2D eigenvalue weighted by atomic mass is 10.1. The van der Waals surface area contributed by atoms with Crippen LogP contribution in [0.1, 0.15) is 58.8 Å². The molecule has 0 aliphatic heterocycles. The van der Waals surface area contributed by atoms with Crippen LogP contribution < -0.4 is 5.32 Å². The molecule has 0 aromatic carbocycles. The maximum atomic E-state index is 9.45. The van der Waals surface area contributed by atoms with Gasteiger partial charge in [-0.3, -0.25) is 0 Å². The first kappa shape index (κ1) is 13.3. The third-order valence-corrected chi connectivity index (χ3v) is 2.23. The Morgan fingerprint density at radius 1 is 1.07 bits per heavy atom. The van der Waals surface area contributed by atoms with Crippen LogP contribution in [0.25, 0.3) is 0 Å². The highest BCUT2D eigenvalue weighted by Crippen LogP contribution is 2.06. The van der Waals surface area contributed by atoms with E-state index in [0.29, 0.717) is 5.76 Å². The van der Waals surface area contributed by atoms with Crippen LogP contribution in [0.15, 0.2) is 12.0 Å². The lowest BCUT2D eigenvalue weighted by molar-refractivity contribution is 0.375. The Kier molecular flexibility index (Phi) is 9.93. The molecule has 0 saturated carbocycles. The van der Waals surface area contributed by atoms with E-state index in [1.807, 2.05) is 0 Å². The zero-order chi connectivity index (χ0) is 10.6. The first-order valence-electron chi connectivity index (χ1n) is 5.92. The van der Waals surface area contributed by atoms with E-state index < -0.39 is 0 Å². The fraction of sp³-hybridized carbons (Fsp3) is 0.833. The minimum atomic E-state index is 0.497. The molecule has 0 bridgehead atoms. The molecular formula is C12H25NO. The number of hydrogen-bond donors (Lipinski definition) is 2. The van der Waals surface area contributed by atoms with Gasteiger partial charge in [0, 0.05) is 19.2 Å². The van der Waals surface area contributed by atoms with Crippen LogP contribution in [0.4, 0.5) is 0 Å². The largest absolute Gasteiger partial charge is 0.511 e. The molecule has 2 nitrogen and oxygen atoms in total. The summed E-state index contributed by atoms with van der Waals surface area (Å²) in [7, 11) is 0.